The van der Waals surface area contributed by atoms with Gasteiger partial charge in [-0.1, -0.05) is 35.9 Å². The number of ketones is 1. The smallest absolute Gasteiger partial charge is 0.137 e. The molecule has 2 rings (SSSR count). The molecule has 0 saturated heterocycles. The quantitative estimate of drug-likeness (QED) is 0.802. The van der Waals surface area contributed by atoms with Gasteiger partial charge >= 0.3 is 0 Å². The Morgan fingerprint density at radius 2 is 2.00 bits per heavy atom. The number of aromatic nitrogens is 1. The van der Waals surface area contributed by atoms with Gasteiger partial charge in [0, 0.05) is 25.2 Å². The summed E-state index contributed by atoms with van der Waals surface area (Å²) in [5.74, 6) is 0.282. The summed E-state index contributed by atoms with van der Waals surface area (Å²) in [6.45, 7) is 2.05. The van der Waals surface area contributed by atoms with Gasteiger partial charge in [0.2, 0.25) is 0 Å². The average Bonchev–Trinajstić information content (AvgIpc) is 2.38. The van der Waals surface area contributed by atoms with Gasteiger partial charge in [0.25, 0.3) is 0 Å². The van der Waals surface area contributed by atoms with Crippen molar-refractivity contribution in [2.45, 2.75) is 26.2 Å². The molecular weight excluding hydrogens is 222 g/mol. The monoisotopic (exact) mass is 239 g/mol. The van der Waals surface area contributed by atoms with Crippen LogP contribution in [0.25, 0.3) is 0 Å². The first-order valence-corrected chi connectivity index (χ1v) is 6.20. The summed E-state index contributed by atoms with van der Waals surface area (Å²) >= 11 is 0. The Morgan fingerprint density at radius 1 is 1.17 bits per heavy atom. The number of hydrogen-bond donors (Lipinski definition) is 0. The first-order valence-electron chi connectivity index (χ1n) is 6.20. The van der Waals surface area contributed by atoms with Crippen molar-refractivity contribution in [3.05, 3.63) is 65.5 Å². The van der Waals surface area contributed by atoms with Crippen LogP contribution in [0.3, 0.4) is 0 Å². The normalized spacial score (nSPS) is 10.3. The molecule has 0 N–H and O–H groups in total. The maximum absolute atomic E-state index is 11.9. The molecule has 92 valence electrons. The molecule has 0 aliphatic carbocycles. The Hall–Kier alpha value is -1.96. The van der Waals surface area contributed by atoms with Crippen molar-refractivity contribution in [1.29, 1.82) is 0 Å². The first kappa shape index (κ1) is 12.5. The highest BCUT2D eigenvalue weighted by Crippen LogP contribution is 2.08. The maximum Gasteiger partial charge on any atom is 0.137 e. The first-order chi connectivity index (χ1) is 8.74. The fourth-order valence-corrected chi connectivity index (χ4v) is 1.97. The second kappa shape index (κ2) is 6.10. The number of carbonyl (C=O) groups is 1. The van der Waals surface area contributed by atoms with Crippen LogP contribution in [-0.4, -0.2) is 10.8 Å². The van der Waals surface area contributed by atoms with Crippen LogP contribution < -0.4 is 0 Å². The zero-order valence-electron chi connectivity index (χ0n) is 10.6. The van der Waals surface area contributed by atoms with E-state index in [1.165, 1.54) is 5.56 Å². The zero-order valence-corrected chi connectivity index (χ0v) is 10.6. The van der Waals surface area contributed by atoms with Crippen molar-refractivity contribution >= 4 is 5.78 Å². The van der Waals surface area contributed by atoms with Crippen LogP contribution in [0.5, 0.6) is 0 Å². The molecule has 1 aromatic heterocycles. The molecule has 0 unspecified atom stereocenters. The number of carbonyl (C=O) groups excluding carboxylic acids is 1. The standard InChI is InChI=1S/C16H17NO/c1-13-4-2-5-15(10-13)11-16(18)8-7-14-6-3-9-17-12-14/h2-6,9-10,12H,7-8,11H2,1H3. The maximum atomic E-state index is 11.9. The third-order valence-electron chi connectivity index (χ3n) is 2.90. The van der Waals surface area contributed by atoms with Gasteiger partial charge in [-0.25, -0.2) is 0 Å². The fraction of sp³-hybridized carbons (Fsp3) is 0.250. The van der Waals surface area contributed by atoms with E-state index in [0.29, 0.717) is 12.8 Å². The molecule has 18 heavy (non-hydrogen) atoms. The summed E-state index contributed by atoms with van der Waals surface area (Å²) in [6.07, 6.45) is 5.46. The fourth-order valence-electron chi connectivity index (χ4n) is 1.97. The minimum absolute atomic E-state index is 0.282. The number of rotatable bonds is 5. The lowest BCUT2D eigenvalue weighted by atomic mass is 10.0. The van der Waals surface area contributed by atoms with Crippen molar-refractivity contribution in [2.24, 2.45) is 0 Å². The van der Waals surface area contributed by atoms with Gasteiger partial charge in [0.05, 0.1) is 0 Å². The molecule has 0 fully saturated rings. The van der Waals surface area contributed by atoms with Gasteiger partial charge in [-0.2, -0.15) is 0 Å². The molecule has 0 saturated carbocycles. The topological polar surface area (TPSA) is 30.0 Å². The van der Waals surface area contributed by atoms with E-state index in [9.17, 15) is 4.79 Å². The summed E-state index contributed by atoms with van der Waals surface area (Å²) in [5.41, 5.74) is 3.42. The minimum atomic E-state index is 0.282. The number of hydrogen-bond acceptors (Lipinski definition) is 2. The van der Waals surface area contributed by atoms with E-state index >= 15 is 0 Å². The lowest BCUT2D eigenvalue weighted by molar-refractivity contribution is -0.118. The molecule has 2 nitrogen and oxygen atoms in total. The van der Waals surface area contributed by atoms with Gasteiger partial charge in [-0.15, -0.1) is 0 Å². The van der Waals surface area contributed by atoms with Crippen LogP contribution in [0.4, 0.5) is 0 Å². The predicted octanol–water partition coefficient (Wildman–Crippen LogP) is 3.13. The van der Waals surface area contributed by atoms with E-state index in [4.69, 9.17) is 0 Å². The highest BCUT2D eigenvalue weighted by molar-refractivity contribution is 5.81. The molecule has 1 heterocycles. The van der Waals surface area contributed by atoms with Gasteiger partial charge in [-0.3, -0.25) is 9.78 Å². The molecule has 2 heteroatoms. The van der Waals surface area contributed by atoms with E-state index in [1.807, 2.05) is 43.5 Å². The van der Waals surface area contributed by atoms with Crippen LogP contribution in [0.1, 0.15) is 23.1 Å². The molecule has 0 spiro atoms. The highest BCUT2D eigenvalue weighted by Gasteiger charge is 2.04. The number of aryl methyl sites for hydroxylation is 2. The number of benzene rings is 1. The molecule has 0 bridgehead atoms. The summed E-state index contributed by atoms with van der Waals surface area (Å²) in [7, 11) is 0. The van der Waals surface area contributed by atoms with Crippen molar-refractivity contribution in [1.82, 2.24) is 4.98 Å². The van der Waals surface area contributed by atoms with Crippen molar-refractivity contribution < 1.29 is 4.79 Å². The Morgan fingerprint density at radius 3 is 2.72 bits per heavy atom. The predicted molar refractivity (Wildman–Crippen MR) is 72.4 cm³/mol. The van der Waals surface area contributed by atoms with Crippen molar-refractivity contribution in [2.75, 3.05) is 0 Å². The molecule has 0 atom stereocenters. The van der Waals surface area contributed by atoms with Gasteiger partial charge < -0.3 is 0 Å². The van der Waals surface area contributed by atoms with Crippen LogP contribution in [0.15, 0.2) is 48.8 Å². The minimum Gasteiger partial charge on any atom is -0.299 e. The molecule has 0 aliphatic rings. The van der Waals surface area contributed by atoms with Crippen LogP contribution in [0, 0.1) is 6.92 Å². The lowest BCUT2D eigenvalue weighted by Gasteiger charge is -2.03. The van der Waals surface area contributed by atoms with Crippen LogP contribution in [0.2, 0.25) is 0 Å². The van der Waals surface area contributed by atoms with Crippen molar-refractivity contribution in [3.8, 4) is 0 Å². The summed E-state index contributed by atoms with van der Waals surface area (Å²) in [4.78, 5) is 15.9. The third-order valence-corrected chi connectivity index (χ3v) is 2.90. The van der Waals surface area contributed by atoms with E-state index in [-0.39, 0.29) is 5.78 Å². The largest absolute Gasteiger partial charge is 0.299 e. The van der Waals surface area contributed by atoms with Crippen LogP contribution in [-0.2, 0) is 17.6 Å². The van der Waals surface area contributed by atoms with E-state index < -0.39 is 0 Å². The third kappa shape index (κ3) is 3.81. The number of nitrogens with zero attached hydrogens (tertiary/aromatic N) is 1. The van der Waals surface area contributed by atoms with Gasteiger partial charge in [-0.05, 0) is 30.5 Å². The van der Waals surface area contributed by atoms with Crippen molar-refractivity contribution in [3.63, 3.8) is 0 Å². The van der Waals surface area contributed by atoms with Gasteiger partial charge in [0.1, 0.15) is 5.78 Å². The summed E-state index contributed by atoms with van der Waals surface area (Å²) in [6, 6.07) is 12.0. The number of pyridine rings is 1. The average molecular weight is 239 g/mol. The SMILES string of the molecule is Cc1cccc(CC(=O)CCc2cccnc2)c1. The summed E-state index contributed by atoms with van der Waals surface area (Å²) < 4.78 is 0. The molecule has 1 aromatic carbocycles. The second-order valence-electron chi connectivity index (χ2n) is 4.57. The Kier molecular flexibility index (Phi) is 4.24. The Balaban J connectivity index is 1.86. The molecular formula is C16H17NO. The Labute approximate surface area is 108 Å². The number of Topliss-reactive ketones (excluding diaryl/α,β-unsaturated/α-hetero) is 1. The lowest BCUT2D eigenvalue weighted by Crippen LogP contribution is -2.04. The van der Waals surface area contributed by atoms with E-state index in [0.717, 1.165) is 17.5 Å². The zero-order chi connectivity index (χ0) is 12.8. The molecule has 2 aromatic rings. The Bertz CT molecular complexity index is 520. The molecule has 0 amide bonds. The highest BCUT2D eigenvalue weighted by atomic mass is 16.1. The van der Waals surface area contributed by atoms with E-state index in [2.05, 4.69) is 11.1 Å². The molecule has 0 aliphatic heterocycles. The summed E-state index contributed by atoms with van der Waals surface area (Å²) in [5, 5.41) is 0. The molecule has 0 radical (unpaired) electrons. The van der Waals surface area contributed by atoms with Crippen LogP contribution >= 0.6 is 0 Å². The second-order valence-corrected chi connectivity index (χ2v) is 4.57. The van der Waals surface area contributed by atoms with E-state index in [1.54, 1.807) is 6.20 Å². The van der Waals surface area contributed by atoms with Gasteiger partial charge in [0.15, 0.2) is 0 Å².